The number of aliphatic hydroxyl groups is 1. The van der Waals surface area contributed by atoms with Gasteiger partial charge in [0.15, 0.2) is 28.8 Å². The Morgan fingerprint density at radius 2 is 1.96 bits per heavy atom. The summed E-state index contributed by atoms with van der Waals surface area (Å²) in [6, 6.07) is 5.00. The van der Waals surface area contributed by atoms with Crippen molar-refractivity contribution in [3.8, 4) is 11.5 Å². The smallest absolute Gasteiger partial charge is 0.183 e. The molecule has 0 amide bonds. The molecule has 0 saturated heterocycles. The number of phenolic OH excluding ortho intramolecular Hbond substituents is 1. The molecule has 2 aromatic rings. The molecule has 1 atom stereocenters. The van der Waals surface area contributed by atoms with Crippen LogP contribution >= 0.6 is 11.3 Å². The van der Waals surface area contributed by atoms with Crippen LogP contribution in [0.15, 0.2) is 54.0 Å². The maximum Gasteiger partial charge on any atom is 0.183 e. The second-order valence-corrected chi connectivity index (χ2v) is 6.32. The van der Waals surface area contributed by atoms with Crippen LogP contribution in [0, 0.1) is 5.92 Å². The average Bonchev–Trinajstić information content (AvgIpc) is 2.88. The number of carbonyl (C=O) groups is 1. The predicted octanol–water partition coefficient (Wildman–Crippen LogP) is 3.96. The predicted molar refractivity (Wildman–Crippen MR) is 92.8 cm³/mol. The Morgan fingerprint density at radius 3 is 2.67 bits per heavy atom. The number of aliphatic hydroxyl groups excluding tert-OH is 1. The van der Waals surface area contributed by atoms with E-state index < -0.39 is 5.92 Å². The number of thiophene rings is 1. The quantitative estimate of drug-likeness (QED) is 0.821. The Labute approximate surface area is 142 Å². The number of ether oxygens (including phenoxy) is 2. The van der Waals surface area contributed by atoms with Crippen molar-refractivity contribution in [2.24, 2.45) is 5.92 Å². The minimum atomic E-state index is -0.586. The van der Waals surface area contributed by atoms with Gasteiger partial charge < -0.3 is 19.7 Å². The van der Waals surface area contributed by atoms with Gasteiger partial charge >= 0.3 is 0 Å². The molecule has 1 aromatic heterocycles. The summed E-state index contributed by atoms with van der Waals surface area (Å²) in [6.45, 7) is 0. The molecule has 6 heteroatoms. The molecular weight excluding hydrogens is 328 g/mol. The Kier molecular flexibility index (Phi) is 4.31. The number of hydrogen-bond donors (Lipinski definition) is 2. The summed E-state index contributed by atoms with van der Waals surface area (Å²) in [6.07, 6.45) is 6.45. The number of benzene rings is 1. The highest BCUT2D eigenvalue weighted by Crippen LogP contribution is 2.36. The van der Waals surface area contributed by atoms with E-state index in [1.54, 1.807) is 36.4 Å². The lowest BCUT2D eigenvalue weighted by Crippen LogP contribution is -2.09. The van der Waals surface area contributed by atoms with Crippen molar-refractivity contribution in [1.82, 2.24) is 0 Å². The van der Waals surface area contributed by atoms with Gasteiger partial charge in [0.25, 0.3) is 0 Å². The number of allylic oxidation sites excluding steroid dienone is 4. The van der Waals surface area contributed by atoms with Crippen LogP contribution in [0.3, 0.4) is 0 Å². The highest BCUT2D eigenvalue weighted by atomic mass is 32.1. The lowest BCUT2D eigenvalue weighted by Gasteiger charge is -2.06. The van der Waals surface area contributed by atoms with Gasteiger partial charge in [0.2, 0.25) is 0 Å². The van der Waals surface area contributed by atoms with Gasteiger partial charge in [0.1, 0.15) is 0 Å². The molecule has 0 fully saturated rings. The summed E-state index contributed by atoms with van der Waals surface area (Å²) >= 11 is 1.32. The van der Waals surface area contributed by atoms with Gasteiger partial charge in [-0.2, -0.15) is 0 Å². The van der Waals surface area contributed by atoms with Crippen LogP contribution in [0.25, 0.3) is 10.1 Å². The summed E-state index contributed by atoms with van der Waals surface area (Å²) in [5.74, 6) is -0.0821. The topological polar surface area (TPSA) is 76.0 Å². The molecule has 2 N–H and O–H groups in total. The van der Waals surface area contributed by atoms with Crippen LogP contribution in [0.1, 0.15) is 9.67 Å². The third-order valence-electron chi connectivity index (χ3n) is 3.74. The Morgan fingerprint density at radius 1 is 1.17 bits per heavy atom. The molecule has 1 heterocycles. The second-order valence-electron chi connectivity index (χ2n) is 5.23. The monoisotopic (exact) mass is 344 g/mol. The molecule has 0 spiro atoms. The van der Waals surface area contributed by atoms with Crippen molar-refractivity contribution in [2.45, 2.75) is 0 Å². The Balaban J connectivity index is 1.96. The number of Topliss-reactive ketones (excluding diaryl/α,β-unsaturated/α-hetero) is 1. The number of phenols is 1. The van der Waals surface area contributed by atoms with Crippen molar-refractivity contribution >= 4 is 27.2 Å². The van der Waals surface area contributed by atoms with E-state index in [4.69, 9.17) is 9.47 Å². The average molecular weight is 344 g/mol. The fourth-order valence-corrected chi connectivity index (χ4v) is 3.56. The highest BCUT2D eigenvalue weighted by Gasteiger charge is 2.21. The van der Waals surface area contributed by atoms with Crippen LogP contribution in [-0.4, -0.2) is 30.2 Å². The van der Waals surface area contributed by atoms with E-state index in [-0.39, 0.29) is 17.3 Å². The Hall–Kier alpha value is -2.73. The van der Waals surface area contributed by atoms with Crippen molar-refractivity contribution in [2.75, 3.05) is 14.2 Å². The van der Waals surface area contributed by atoms with Gasteiger partial charge in [-0.1, -0.05) is 12.2 Å². The van der Waals surface area contributed by atoms with Gasteiger partial charge in [-0.25, -0.2) is 0 Å². The first-order chi connectivity index (χ1) is 11.5. The highest BCUT2D eigenvalue weighted by molar-refractivity contribution is 7.20. The van der Waals surface area contributed by atoms with E-state index in [1.807, 2.05) is 0 Å². The van der Waals surface area contributed by atoms with Gasteiger partial charge in [0.05, 0.1) is 25.0 Å². The van der Waals surface area contributed by atoms with Crippen molar-refractivity contribution in [3.05, 3.63) is 58.9 Å². The number of hydrogen-bond acceptors (Lipinski definition) is 6. The second kappa shape index (κ2) is 6.41. The summed E-state index contributed by atoms with van der Waals surface area (Å²) in [7, 11) is 2.93. The maximum absolute atomic E-state index is 12.7. The third kappa shape index (κ3) is 2.88. The molecule has 0 saturated carbocycles. The lowest BCUT2D eigenvalue weighted by atomic mass is 10.0. The van der Waals surface area contributed by atoms with Gasteiger partial charge in [0, 0.05) is 10.8 Å². The van der Waals surface area contributed by atoms with Crippen LogP contribution in [-0.2, 0) is 4.74 Å². The van der Waals surface area contributed by atoms with Crippen molar-refractivity contribution in [1.29, 1.82) is 0 Å². The van der Waals surface area contributed by atoms with E-state index in [1.165, 1.54) is 31.6 Å². The molecular formula is C18H16O5S. The Bertz CT molecular complexity index is 888. The molecule has 1 unspecified atom stereocenters. The SMILES string of the molecule is COC1=CC=CC(C(=O)c2cc3cc(O)c(OC)cc3s2)C=C1O. The molecule has 1 aliphatic carbocycles. The van der Waals surface area contributed by atoms with Crippen LogP contribution in [0.2, 0.25) is 0 Å². The largest absolute Gasteiger partial charge is 0.504 e. The van der Waals surface area contributed by atoms with Crippen LogP contribution in [0.4, 0.5) is 0 Å². The first-order valence-electron chi connectivity index (χ1n) is 7.22. The minimum absolute atomic E-state index is 0.0302. The summed E-state index contributed by atoms with van der Waals surface area (Å²) in [5, 5.41) is 20.6. The molecule has 124 valence electrons. The third-order valence-corrected chi connectivity index (χ3v) is 4.85. The number of methoxy groups -OCH3 is 2. The summed E-state index contributed by atoms with van der Waals surface area (Å²) < 4.78 is 11.0. The first-order valence-corrected chi connectivity index (χ1v) is 8.03. The number of aromatic hydroxyl groups is 1. The normalized spacial score (nSPS) is 17.2. The van der Waals surface area contributed by atoms with Crippen LogP contribution < -0.4 is 4.74 Å². The fraction of sp³-hybridized carbons (Fsp3) is 0.167. The van der Waals surface area contributed by atoms with E-state index in [0.29, 0.717) is 16.4 Å². The number of carbonyl (C=O) groups excluding carboxylic acids is 1. The molecule has 0 aliphatic heterocycles. The minimum Gasteiger partial charge on any atom is -0.504 e. The number of rotatable bonds is 4. The summed E-state index contributed by atoms with van der Waals surface area (Å²) in [5.41, 5.74) is 0. The van der Waals surface area contributed by atoms with Crippen molar-refractivity contribution in [3.63, 3.8) is 0 Å². The van der Waals surface area contributed by atoms with Crippen molar-refractivity contribution < 1.29 is 24.5 Å². The molecule has 5 nitrogen and oxygen atoms in total. The maximum atomic E-state index is 12.7. The summed E-state index contributed by atoms with van der Waals surface area (Å²) in [4.78, 5) is 13.3. The van der Waals surface area contributed by atoms with E-state index in [9.17, 15) is 15.0 Å². The van der Waals surface area contributed by atoms with Gasteiger partial charge in [-0.15, -0.1) is 11.3 Å². The zero-order valence-electron chi connectivity index (χ0n) is 13.1. The molecule has 0 radical (unpaired) electrons. The van der Waals surface area contributed by atoms with Crippen LogP contribution in [0.5, 0.6) is 11.5 Å². The van der Waals surface area contributed by atoms with E-state index in [0.717, 1.165) is 10.1 Å². The molecule has 1 aliphatic rings. The van der Waals surface area contributed by atoms with Gasteiger partial charge in [-0.05, 0) is 29.7 Å². The molecule has 0 bridgehead atoms. The lowest BCUT2D eigenvalue weighted by molar-refractivity contribution is 0.0967. The number of fused-ring (bicyclic) bond motifs is 1. The fourth-order valence-electron chi connectivity index (χ4n) is 2.50. The molecule has 1 aromatic carbocycles. The first kappa shape index (κ1) is 16.1. The molecule has 24 heavy (non-hydrogen) atoms. The standard InChI is InChI=1S/C18H16O5S/c1-22-14-5-3-4-10(6-12(14)19)18(21)17-8-11-7-13(20)15(23-2)9-16(11)24-17/h3-10,19-20H,1-2H3. The molecule has 3 rings (SSSR count). The number of ketones is 1. The van der Waals surface area contributed by atoms with Gasteiger partial charge in [-0.3, -0.25) is 4.79 Å². The van der Waals surface area contributed by atoms with E-state index >= 15 is 0 Å². The van der Waals surface area contributed by atoms with E-state index in [2.05, 4.69) is 0 Å². The zero-order chi connectivity index (χ0) is 17.3. The zero-order valence-corrected chi connectivity index (χ0v) is 14.0.